The number of hydrogen-bond donors (Lipinski definition) is 1. The summed E-state index contributed by atoms with van der Waals surface area (Å²) in [7, 11) is 1.85. The molecule has 0 atom stereocenters. The zero-order valence-corrected chi connectivity index (χ0v) is 14.8. The fourth-order valence-corrected chi connectivity index (χ4v) is 2.83. The number of benzene rings is 1. The van der Waals surface area contributed by atoms with Gasteiger partial charge in [0.15, 0.2) is 5.82 Å². The molecule has 2 aromatic rings. The van der Waals surface area contributed by atoms with Gasteiger partial charge >= 0.3 is 0 Å². The molecule has 0 radical (unpaired) electrons. The van der Waals surface area contributed by atoms with E-state index in [1.54, 1.807) is 19.1 Å². The van der Waals surface area contributed by atoms with Gasteiger partial charge in [0.1, 0.15) is 11.6 Å². The highest BCUT2D eigenvalue weighted by molar-refractivity contribution is 14.1. The van der Waals surface area contributed by atoms with Crippen molar-refractivity contribution in [2.75, 3.05) is 12.4 Å². The van der Waals surface area contributed by atoms with Crippen LogP contribution in [0.4, 0.5) is 10.2 Å². The minimum atomic E-state index is -0.208. The van der Waals surface area contributed by atoms with E-state index in [9.17, 15) is 4.39 Å². The van der Waals surface area contributed by atoms with Crippen molar-refractivity contribution in [2.24, 2.45) is 5.92 Å². The van der Waals surface area contributed by atoms with E-state index in [0.29, 0.717) is 17.3 Å². The van der Waals surface area contributed by atoms with Gasteiger partial charge in [-0.15, -0.1) is 0 Å². The van der Waals surface area contributed by atoms with Crippen LogP contribution in [0.5, 0.6) is 0 Å². The predicted octanol–water partition coefficient (Wildman–Crippen LogP) is 4.44. The van der Waals surface area contributed by atoms with Crippen LogP contribution >= 0.6 is 22.6 Å². The molecule has 0 spiro atoms. The van der Waals surface area contributed by atoms with Gasteiger partial charge in [0, 0.05) is 12.6 Å². The third-order valence-corrected chi connectivity index (χ3v) is 4.31. The predicted molar refractivity (Wildman–Crippen MR) is 93.0 cm³/mol. The number of hydrogen-bond acceptors (Lipinski definition) is 3. The molecule has 112 valence electrons. The van der Waals surface area contributed by atoms with E-state index < -0.39 is 0 Å². The first kappa shape index (κ1) is 16.1. The molecule has 0 bridgehead atoms. The van der Waals surface area contributed by atoms with Crippen molar-refractivity contribution in [1.29, 1.82) is 0 Å². The van der Waals surface area contributed by atoms with Crippen molar-refractivity contribution in [3.8, 4) is 11.4 Å². The standard InChI is InChI=1S/C16H19FIN3/c1-9(2)7-13-14(18)16(19-4)21-15(20-13)11-5-6-12(17)10(3)8-11/h5-6,8-9H,7H2,1-4H3,(H,19,20,21). The summed E-state index contributed by atoms with van der Waals surface area (Å²) in [6.45, 7) is 6.08. The first-order valence-corrected chi connectivity index (χ1v) is 8.01. The van der Waals surface area contributed by atoms with Gasteiger partial charge in [0.2, 0.25) is 0 Å². The number of aromatic nitrogens is 2. The lowest BCUT2D eigenvalue weighted by Crippen LogP contribution is -2.08. The Morgan fingerprint density at radius 2 is 2.00 bits per heavy atom. The average Bonchev–Trinajstić information content (AvgIpc) is 2.43. The van der Waals surface area contributed by atoms with Crippen LogP contribution in [0, 0.1) is 22.2 Å². The minimum Gasteiger partial charge on any atom is -0.372 e. The monoisotopic (exact) mass is 399 g/mol. The molecular weight excluding hydrogens is 380 g/mol. The van der Waals surface area contributed by atoms with E-state index in [2.05, 4.69) is 51.7 Å². The van der Waals surface area contributed by atoms with Gasteiger partial charge in [0.25, 0.3) is 0 Å². The van der Waals surface area contributed by atoms with Crippen molar-refractivity contribution in [3.63, 3.8) is 0 Å². The van der Waals surface area contributed by atoms with Gasteiger partial charge in [-0.05, 0) is 65.6 Å². The van der Waals surface area contributed by atoms with Crippen molar-refractivity contribution >= 4 is 28.4 Å². The summed E-state index contributed by atoms with van der Waals surface area (Å²) in [5.74, 6) is 1.76. The summed E-state index contributed by atoms with van der Waals surface area (Å²) in [6, 6.07) is 4.98. The van der Waals surface area contributed by atoms with Gasteiger partial charge in [0.05, 0.1) is 9.26 Å². The molecule has 1 aromatic carbocycles. The van der Waals surface area contributed by atoms with Crippen LogP contribution in [0.25, 0.3) is 11.4 Å². The van der Waals surface area contributed by atoms with Gasteiger partial charge in [-0.25, -0.2) is 14.4 Å². The zero-order chi connectivity index (χ0) is 15.6. The first-order chi connectivity index (χ1) is 9.92. The number of halogens is 2. The molecule has 1 aromatic heterocycles. The van der Waals surface area contributed by atoms with Crippen molar-refractivity contribution in [2.45, 2.75) is 27.2 Å². The molecule has 0 aliphatic heterocycles. The Hall–Kier alpha value is -1.24. The Labute approximate surface area is 138 Å². The molecule has 1 N–H and O–H groups in total. The maximum atomic E-state index is 13.4. The molecule has 0 aliphatic rings. The molecule has 0 amide bonds. The number of anilines is 1. The summed E-state index contributed by atoms with van der Waals surface area (Å²) in [6.07, 6.45) is 0.892. The molecule has 1 heterocycles. The van der Waals surface area contributed by atoms with Crippen molar-refractivity contribution in [3.05, 3.63) is 38.8 Å². The van der Waals surface area contributed by atoms with E-state index >= 15 is 0 Å². The van der Waals surface area contributed by atoms with Gasteiger partial charge in [-0.3, -0.25) is 0 Å². The second-order valence-corrected chi connectivity index (χ2v) is 6.55. The highest BCUT2D eigenvalue weighted by Crippen LogP contribution is 2.26. The molecular formula is C16H19FIN3. The lowest BCUT2D eigenvalue weighted by molar-refractivity contribution is 0.618. The average molecular weight is 399 g/mol. The Bertz CT molecular complexity index is 656. The third kappa shape index (κ3) is 3.70. The smallest absolute Gasteiger partial charge is 0.161 e. The summed E-state index contributed by atoms with van der Waals surface area (Å²) in [4.78, 5) is 9.23. The summed E-state index contributed by atoms with van der Waals surface area (Å²) in [5.41, 5.74) is 2.47. The third-order valence-electron chi connectivity index (χ3n) is 3.17. The van der Waals surface area contributed by atoms with Crippen molar-refractivity contribution in [1.82, 2.24) is 9.97 Å². The number of rotatable bonds is 4. The molecule has 0 fully saturated rings. The molecule has 3 nitrogen and oxygen atoms in total. The minimum absolute atomic E-state index is 0.208. The van der Waals surface area contributed by atoms with Crippen LogP contribution < -0.4 is 5.32 Å². The Morgan fingerprint density at radius 1 is 1.29 bits per heavy atom. The van der Waals surface area contributed by atoms with Crippen LogP contribution in [0.3, 0.4) is 0 Å². The van der Waals surface area contributed by atoms with Gasteiger partial charge < -0.3 is 5.32 Å². The fourth-order valence-electron chi connectivity index (χ4n) is 2.09. The van der Waals surface area contributed by atoms with Gasteiger partial charge in [-0.2, -0.15) is 0 Å². The zero-order valence-electron chi connectivity index (χ0n) is 12.7. The van der Waals surface area contributed by atoms with Crippen LogP contribution in [0.15, 0.2) is 18.2 Å². The van der Waals surface area contributed by atoms with Crippen molar-refractivity contribution < 1.29 is 4.39 Å². The highest BCUT2D eigenvalue weighted by Gasteiger charge is 2.14. The largest absolute Gasteiger partial charge is 0.372 e. The SMILES string of the molecule is CNc1nc(-c2ccc(F)c(C)c2)nc(CC(C)C)c1I. The maximum absolute atomic E-state index is 13.4. The Morgan fingerprint density at radius 3 is 2.57 bits per heavy atom. The first-order valence-electron chi connectivity index (χ1n) is 6.93. The van der Waals surface area contributed by atoms with Crippen LogP contribution in [-0.2, 0) is 6.42 Å². The Balaban J connectivity index is 2.54. The lowest BCUT2D eigenvalue weighted by atomic mass is 10.1. The van der Waals surface area contributed by atoms with E-state index in [4.69, 9.17) is 0 Å². The summed E-state index contributed by atoms with van der Waals surface area (Å²) < 4.78 is 14.5. The molecule has 0 saturated heterocycles. The number of nitrogens with one attached hydrogen (secondary N) is 1. The highest BCUT2D eigenvalue weighted by atomic mass is 127. The molecule has 21 heavy (non-hydrogen) atoms. The number of aryl methyl sites for hydroxylation is 1. The molecule has 0 aliphatic carbocycles. The quantitative estimate of drug-likeness (QED) is 0.773. The van der Waals surface area contributed by atoms with Crippen LogP contribution in [0.1, 0.15) is 25.1 Å². The molecule has 0 unspecified atom stereocenters. The second-order valence-electron chi connectivity index (χ2n) is 5.47. The maximum Gasteiger partial charge on any atom is 0.161 e. The van der Waals surface area contributed by atoms with E-state index in [1.807, 2.05) is 7.05 Å². The fraction of sp³-hybridized carbons (Fsp3) is 0.375. The summed E-state index contributed by atoms with van der Waals surface area (Å²) in [5, 5.41) is 3.11. The molecule has 2 rings (SSSR count). The Kier molecular flexibility index (Phi) is 5.13. The second kappa shape index (κ2) is 6.68. The van der Waals surface area contributed by atoms with Crippen LogP contribution in [-0.4, -0.2) is 17.0 Å². The summed E-state index contributed by atoms with van der Waals surface area (Å²) >= 11 is 2.27. The van der Waals surface area contributed by atoms with Crippen LogP contribution in [0.2, 0.25) is 0 Å². The normalized spacial score (nSPS) is 11.0. The van der Waals surface area contributed by atoms with E-state index in [-0.39, 0.29) is 5.82 Å². The molecule has 5 heteroatoms. The van der Waals surface area contributed by atoms with Gasteiger partial charge in [-0.1, -0.05) is 13.8 Å². The molecule has 0 saturated carbocycles. The lowest BCUT2D eigenvalue weighted by Gasteiger charge is -2.13. The van der Waals surface area contributed by atoms with E-state index in [1.165, 1.54) is 6.07 Å². The topological polar surface area (TPSA) is 37.8 Å². The van der Waals surface area contributed by atoms with E-state index in [0.717, 1.165) is 27.1 Å². The number of nitrogens with zero attached hydrogens (tertiary/aromatic N) is 2.